The average molecular weight is 577 g/mol. The van der Waals surface area contributed by atoms with Crippen LogP contribution in [0.4, 0.5) is 0 Å². The van der Waals surface area contributed by atoms with Crippen molar-refractivity contribution in [3.8, 4) is 0 Å². The van der Waals surface area contributed by atoms with Gasteiger partial charge in [-0.2, -0.15) is 0 Å². The molecule has 0 N–H and O–H groups in total. The van der Waals surface area contributed by atoms with Crippen molar-refractivity contribution in [2.75, 3.05) is 11.5 Å². The third-order valence-corrected chi connectivity index (χ3v) is 14.6. The van der Waals surface area contributed by atoms with Gasteiger partial charge in [-0.25, -0.2) is 33.7 Å². The summed E-state index contributed by atoms with van der Waals surface area (Å²) in [6, 6.07) is 13.3. The molecule has 0 saturated carbocycles. The lowest BCUT2D eigenvalue weighted by molar-refractivity contribution is 0.565. The molecule has 12 nitrogen and oxygen atoms in total. The molecule has 0 fully saturated rings. The molecule has 0 aliphatic rings. The number of hydrogen-bond donors (Lipinski definition) is 0. The standard InChI is InChI=1S/C20H24N4O8S4/c21-23-19(35(29,30)17-11-5-3-6-12-17)33(25,26)15-9-1-2-10-16-34(27,28)20(24-22)36(31,32)18-13-7-4-8-14-18/h3-8,11-14,19-20H,1-2,9-10,15-16H2/q-2. The second kappa shape index (κ2) is 12.1. The highest BCUT2D eigenvalue weighted by Gasteiger charge is 2.37. The van der Waals surface area contributed by atoms with Crippen LogP contribution in [0.25, 0.3) is 11.1 Å². The minimum atomic E-state index is -4.50. The first-order valence-electron chi connectivity index (χ1n) is 10.5. The molecular weight excluding hydrogens is 553 g/mol. The summed E-state index contributed by atoms with van der Waals surface area (Å²) in [6.07, 6.45) is 0.193. The lowest BCUT2D eigenvalue weighted by Gasteiger charge is -2.17. The highest BCUT2D eigenvalue weighted by Crippen LogP contribution is 2.24. The number of hydrogen-bond acceptors (Lipinski definition) is 10. The fourth-order valence-corrected chi connectivity index (χ4v) is 11.3. The SMILES string of the molecule is [N-]=NC(S(=O)(=O)CCCCCCS(=O)(=O)C(N=[N-])S(=O)(=O)c1ccccc1)S(=O)(=O)c1ccccc1. The monoisotopic (exact) mass is 576 g/mol. The molecule has 16 heteroatoms. The van der Waals surface area contributed by atoms with Crippen molar-refractivity contribution < 1.29 is 33.7 Å². The summed E-state index contributed by atoms with van der Waals surface area (Å²) < 4.78 is 95.5. The minimum Gasteiger partial charge on any atom is -0.710 e. The van der Waals surface area contributed by atoms with Gasteiger partial charge in [0.25, 0.3) is 0 Å². The predicted molar refractivity (Wildman–Crippen MR) is 132 cm³/mol. The van der Waals surface area contributed by atoms with Gasteiger partial charge in [-0.15, -0.1) is 0 Å². The summed E-state index contributed by atoms with van der Waals surface area (Å²) in [5, 5.41) is 5.17. The van der Waals surface area contributed by atoms with Gasteiger partial charge in [-0.05, 0) is 37.1 Å². The molecule has 0 aromatic heterocycles. The molecule has 0 heterocycles. The molecule has 0 aliphatic heterocycles. The van der Waals surface area contributed by atoms with Gasteiger partial charge < -0.3 is 21.3 Å². The van der Waals surface area contributed by atoms with E-state index >= 15 is 0 Å². The molecule has 2 unspecified atom stereocenters. The summed E-state index contributed by atoms with van der Waals surface area (Å²) >= 11 is 0. The fourth-order valence-electron chi connectivity index (χ4n) is 3.27. The van der Waals surface area contributed by atoms with Crippen LogP contribution in [0.2, 0.25) is 0 Å². The van der Waals surface area contributed by atoms with E-state index in [-0.39, 0.29) is 35.5 Å². The molecule has 0 aliphatic carbocycles. The van der Waals surface area contributed by atoms with Crippen LogP contribution in [0.1, 0.15) is 25.7 Å². The zero-order chi connectivity index (χ0) is 27.0. The number of nitrogens with zero attached hydrogens (tertiary/aromatic N) is 4. The molecule has 2 aromatic rings. The minimum absolute atomic E-state index is 0.0607. The van der Waals surface area contributed by atoms with Crippen LogP contribution in [0.5, 0.6) is 0 Å². The fraction of sp³-hybridized carbons (Fsp3) is 0.400. The summed E-state index contributed by atoms with van der Waals surface area (Å²) in [5.74, 6) is -1.28. The molecule has 2 atom stereocenters. The molecule has 0 spiro atoms. The first-order valence-corrected chi connectivity index (χ1v) is 17.0. The van der Waals surface area contributed by atoms with Gasteiger partial charge >= 0.3 is 0 Å². The number of unbranched alkanes of at least 4 members (excludes halogenated alkanes) is 3. The number of sulfone groups is 4. The second-order valence-corrected chi connectivity index (χ2v) is 16.7. The normalized spacial score (nSPS) is 14.6. The van der Waals surface area contributed by atoms with Crippen LogP contribution in [0, 0.1) is 0 Å². The zero-order valence-electron chi connectivity index (χ0n) is 18.9. The molecule has 0 saturated heterocycles. The van der Waals surface area contributed by atoms with Gasteiger partial charge in [0, 0.05) is 0 Å². The summed E-state index contributed by atoms with van der Waals surface area (Å²) in [5.41, 5.74) is 18.3. The van der Waals surface area contributed by atoms with Gasteiger partial charge in [0.05, 0.1) is 21.3 Å². The Bertz CT molecular complexity index is 1360. The van der Waals surface area contributed by atoms with E-state index in [9.17, 15) is 33.7 Å². The van der Waals surface area contributed by atoms with Crippen LogP contribution in [0.3, 0.4) is 0 Å². The van der Waals surface area contributed by atoms with Crippen LogP contribution in [-0.4, -0.2) is 54.6 Å². The van der Waals surface area contributed by atoms with E-state index in [1.54, 1.807) is 0 Å². The Morgan fingerprint density at radius 3 is 1.11 bits per heavy atom. The lowest BCUT2D eigenvalue weighted by Crippen LogP contribution is -2.30. The van der Waals surface area contributed by atoms with Crippen molar-refractivity contribution >= 4 is 39.3 Å². The maximum atomic E-state index is 12.6. The molecule has 36 heavy (non-hydrogen) atoms. The molecule has 0 radical (unpaired) electrons. The Kier molecular flexibility index (Phi) is 9.99. The van der Waals surface area contributed by atoms with E-state index in [1.807, 2.05) is 0 Å². The van der Waals surface area contributed by atoms with Gasteiger partial charge in [0.2, 0.25) is 29.1 Å². The van der Waals surface area contributed by atoms with Gasteiger partial charge in [0.15, 0.2) is 19.7 Å². The molecule has 0 amide bonds. The van der Waals surface area contributed by atoms with Gasteiger partial charge in [0.1, 0.15) is 0 Å². The topological polar surface area (TPSA) is 206 Å². The molecule has 2 aromatic carbocycles. The Labute approximate surface area is 210 Å². The Hall–Kier alpha value is -2.56. The van der Waals surface area contributed by atoms with Crippen molar-refractivity contribution in [3.63, 3.8) is 0 Å². The maximum Gasteiger partial charge on any atom is 0.237 e. The van der Waals surface area contributed by atoms with Gasteiger partial charge in [-0.1, -0.05) is 49.2 Å². The van der Waals surface area contributed by atoms with Crippen molar-refractivity contribution in [1.29, 1.82) is 0 Å². The van der Waals surface area contributed by atoms with Crippen molar-refractivity contribution in [1.82, 2.24) is 0 Å². The maximum absolute atomic E-state index is 12.6. The van der Waals surface area contributed by atoms with E-state index in [0.717, 1.165) is 0 Å². The first-order chi connectivity index (χ1) is 16.8. The molecular formula is C20H24N4O8S4-2. The lowest BCUT2D eigenvalue weighted by atomic mass is 10.2. The van der Waals surface area contributed by atoms with Crippen molar-refractivity contribution in [3.05, 3.63) is 71.7 Å². The van der Waals surface area contributed by atoms with Gasteiger partial charge in [-0.3, -0.25) is 0 Å². The molecule has 198 valence electrons. The predicted octanol–water partition coefficient (Wildman–Crippen LogP) is 2.93. The highest BCUT2D eigenvalue weighted by atomic mass is 32.3. The number of benzene rings is 2. The zero-order valence-corrected chi connectivity index (χ0v) is 22.1. The Morgan fingerprint density at radius 2 is 0.833 bits per heavy atom. The van der Waals surface area contributed by atoms with Crippen LogP contribution < -0.4 is 0 Å². The van der Waals surface area contributed by atoms with E-state index in [0.29, 0.717) is 0 Å². The Morgan fingerprint density at radius 1 is 0.528 bits per heavy atom. The van der Waals surface area contributed by atoms with E-state index in [2.05, 4.69) is 10.2 Å². The smallest absolute Gasteiger partial charge is 0.237 e. The second-order valence-electron chi connectivity index (χ2n) is 7.71. The molecule has 0 bridgehead atoms. The van der Waals surface area contributed by atoms with Crippen molar-refractivity contribution in [2.45, 2.75) is 44.9 Å². The molecule has 2 rings (SSSR count). The first kappa shape index (κ1) is 29.7. The van der Waals surface area contributed by atoms with Crippen LogP contribution in [-0.2, 0) is 39.3 Å². The van der Waals surface area contributed by atoms with Crippen LogP contribution >= 0.6 is 0 Å². The summed E-state index contributed by atoms with van der Waals surface area (Å²) in [4.78, 5) is -0.647. The van der Waals surface area contributed by atoms with E-state index < -0.39 is 60.3 Å². The van der Waals surface area contributed by atoms with E-state index in [1.165, 1.54) is 60.7 Å². The largest absolute Gasteiger partial charge is 0.710 e. The highest BCUT2D eigenvalue weighted by molar-refractivity contribution is 8.09. The van der Waals surface area contributed by atoms with Crippen molar-refractivity contribution in [2.24, 2.45) is 10.2 Å². The third kappa shape index (κ3) is 7.02. The average Bonchev–Trinajstić information content (AvgIpc) is 2.82. The Balaban J connectivity index is 1.95. The van der Waals surface area contributed by atoms with E-state index in [4.69, 9.17) is 11.1 Å². The van der Waals surface area contributed by atoms with Crippen LogP contribution in [0.15, 0.2) is 80.7 Å². The summed E-state index contributed by atoms with van der Waals surface area (Å²) in [7, 11) is -17.8. The quantitative estimate of drug-likeness (QED) is 0.227. The third-order valence-electron chi connectivity index (χ3n) is 5.09. The summed E-state index contributed by atoms with van der Waals surface area (Å²) in [6.45, 7) is 0. The number of rotatable bonds is 15.